The van der Waals surface area contributed by atoms with Gasteiger partial charge in [0.15, 0.2) is 0 Å². The molecule has 1 aromatic rings. The lowest BCUT2D eigenvalue weighted by Gasteiger charge is -2.14. The average molecular weight is 186 g/mol. The lowest BCUT2D eigenvalue weighted by molar-refractivity contribution is -0.137. The van der Waals surface area contributed by atoms with Crippen molar-refractivity contribution in [3.8, 4) is 5.75 Å². The molecule has 0 heterocycles. The second-order valence-electron chi connectivity index (χ2n) is 2.42. The highest BCUT2D eigenvalue weighted by Crippen LogP contribution is 2.34. The van der Waals surface area contributed by atoms with Gasteiger partial charge < -0.3 is 4.74 Å². The van der Waals surface area contributed by atoms with E-state index in [0.717, 1.165) is 0 Å². The van der Waals surface area contributed by atoms with E-state index in [0.29, 0.717) is 0 Å². The highest BCUT2D eigenvalue weighted by Gasteiger charge is 2.35. The molecule has 1 rings (SSSR count). The average Bonchev–Trinajstić information content (AvgIpc) is 2.01. The molecule has 0 aliphatic heterocycles. The van der Waals surface area contributed by atoms with Crippen LogP contribution in [0.2, 0.25) is 0 Å². The van der Waals surface area contributed by atoms with Crippen LogP contribution in [0.1, 0.15) is 5.56 Å². The lowest BCUT2D eigenvalue weighted by atomic mass is 9.90. The molecule has 0 N–H and O–H groups in total. The predicted octanol–water partition coefficient (Wildman–Crippen LogP) is 1.51. The number of methoxy groups -OCH3 is 1. The molecule has 0 aromatic heterocycles. The Morgan fingerprint density at radius 1 is 1.31 bits per heavy atom. The zero-order valence-electron chi connectivity index (χ0n) is 6.85. The van der Waals surface area contributed by atoms with Crippen molar-refractivity contribution in [1.82, 2.24) is 0 Å². The lowest BCUT2D eigenvalue weighted by Crippen LogP contribution is -2.20. The van der Waals surface area contributed by atoms with Crippen LogP contribution in [0.15, 0.2) is 18.2 Å². The number of halogens is 3. The van der Waals surface area contributed by atoms with E-state index in [1.807, 2.05) is 0 Å². The summed E-state index contributed by atoms with van der Waals surface area (Å²) in [6.07, 6.45) is -4.48. The van der Waals surface area contributed by atoms with Crippen molar-refractivity contribution in [1.29, 1.82) is 0 Å². The van der Waals surface area contributed by atoms with Gasteiger partial charge in [0.05, 0.1) is 12.7 Å². The van der Waals surface area contributed by atoms with E-state index in [-0.39, 0.29) is 11.2 Å². The number of benzene rings is 1. The van der Waals surface area contributed by atoms with Gasteiger partial charge in [-0.05, 0) is 6.07 Å². The number of ether oxygens (including phenoxy) is 1. The van der Waals surface area contributed by atoms with Gasteiger partial charge >= 0.3 is 6.18 Å². The van der Waals surface area contributed by atoms with Crippen LogP contribution in [0, 0.1) is 0 Å². The Bertz CT molecular complexity index is 309. The van der Waals surface area contributed by atoms with Gasteiger partial charge in [-0.3, -0.25) is 0 Å². The van der Waals surface area contributed by atoms with E-state index in [4.69, 9.17) is 7.85 Å². The molecular formula is C8H6BF3O. The molecule has 0 aliphatic carbocycles. The van der Waals surface area contributed by atoms with E-state index < -0.39 is 11.7 Å². The number of hydrogen-bond donors (Lipinski definition) is 0. The molecule has 1 aromatic carbocycles. The second kappa shape index (κ2) is 3.32. The van der Waals surface area contributed by atoms with Crippen LogP contribution in [0.5, 0.6) is 5.75 Å². The molecule has 5 heteroatoms. The van der Waals surface area contributed by atoms with Crippen LogP contribution in [0.4, 0.5) is 13.2 Å². The predicted molar refractivity (Wildman–Crippen MR) is 43.4 cm³/mol. The molecular weight excluding hydrogens is 180 g/mol. The maximum atomic E-state index is 12.3. The first kappa shape index (κ1) is 9.96. The van der Waals surface area contributed by atoms with E-state index in [1.165, 1.54) is 25.3 Å². The summed E-state index contributed by atoms with van der Waals surface area (Å²) in [5, 5.41) is 0. The zero-order chi connectivity index (χ0) is 10.1. The van der Waals surface area contributed by atoms with Crippen molar-refractivity contribution < 1.29 is 17.9 Å². The van der Waals surface area contributed by atoms with Gasteiger partial charge in [-0.2, -0.15) is 13.2 Å². The van der Waals surface area contributed by atoms with Crippen LogP contribution in [-0.2, 0) is 6.18 Å². The van der Waals surface area contributed by atoms with E-state index in [9.17, 15) is 13.2 Å². The van der Waals surface area contributed by atoms with Crippen molar-refractivity contribution in [2.24, 2.45) is 0 Å². The largest absolute Gasteiger partial charge is 0.496 e. The summed E-state index contributed by atoms with van der Waals surface area (Å²) in [6, 6.07) is 3.81. The minimum absolute atomic E-state index is 0.257. The van der Waals surface area contributed by atoms with E-state index in [2.05, 4.69) is 4.74 Å². The van der Waals surface area contributed by atoms with Crippen molar-refractivity contribution in [2.75, 3.05) is 7.11 Å². The maximum Gasteiger partial charge on any atom is 0.419 e. The molecule has 0 fully saturated rings. The molecule has 0 bridgehead atoms. The molecule has 0 spiro atoms. The molecule has 0 aliphatic rings. The van der Waals surface area contributed by atoms with Crippen molar-refractivity contribution in [2.45, 2.75) is 6.18 Å². The van der Waals surface area contributed by atoms with Crippen LogP contribution in [0.3, 0.4) is 0 Å². The van der Waals surface area contributed by atoms with E-state index in [1.54, 1.807) is 0 Å². The second-order valence-corrected chi connectivity index (χ2v) is 2.42. The van der Waals surface area contributed by atoms with Crippen molar-refractivity contribution >= 4 is 13.3 Å². The molecule has 13 heavy (non-hydrogen) atoms. The summed E-state index contributed by atoms with van der Waals surface area (Å²) in [4.78, 5) is 0. The summed E-state index contributed by atoms with van der Waals surface area (Å²) >= 11 is 0. The maximum absolute atomic E-state index is 12.3. The third-order valence-electron chi connectivity index (χ3n) is 1.56. The van der Waals surface area contributed by atoms with Gasteiger partial charge in [0, 0.05) is 0 Å². The van der Waals surface area contributed by atoms with Gasteiger partial charge in [0.25, 0.3) is 0 Å². The standard InChI is InChI=1S/C8H6BF3O/c1-13-6-4-2-3-5(9)7(6)8(10,11)12/h2-4H,1H3. The first-order valence-electron chi connectivity index (χ1n) is 3.46. The van der Waals surface area contributed by atoms with Crippen molar-refractivity contribution in [3.05, 3.63) is 23.8 Å². The third-order valence-corrected chi connectivity index (χ3v) is 1.56. The van der Waals surface area contributed by atoms with Gasteiger partial charge in [-0.15, -0.1) is 0 Å². The summed E-state index contributed by atoms with van der Waals surface area (Å²) in [5.74, 6) is -0.257. The topological polar surface area (TPSA) is 9.23 Å². The molecule has 1 nitrogen and oxygen atoms in total. The first-order valence-corrected chi connectivity index (χ1v) is 3.46. The van der Waals surface area contributed by atoms with Crippen LogP contribution in [0.25, 0.3) is 0 Å². The number of alkyl halides is 3. The van der Waals surface area contributed by atoms with Crippen LogP contribution in [-0.4, -0.2) is 15.0 Å². The van der Waals surface area contributed by atoms with Crippen LogP contribution >= 0.6 is 0 Å². The van der Waals surface area contributed by atoms with Gasteiger partial charge in [-0.25, -0.2) is 0 Å². The molecule has 2 radical (unpaired) electrons. The highest BCUT2D eigenvalue weighted by molar-refractivity contribution is 6.33. The molecule has 0 unspecified atom stereocenters. The Morgan fingerprint density at radius 2 is 1.92 bits per heavy atom. The fraction of sp³-hybridized carbons (Fsp3) is 0.250. The van der Waals surface area contributed by atoms with Gasteiger partial charge in [0.2, 0.25) is 0 Å². The SMILES string of the molecule is [B]c1cccc(OC)c1C(F)(F)F. The Labute approximate surface area is 74.9 Å². The Morgan fingerprint density at radius 3 is 2.31 bits per heavy atom. The summed E-state index contributed by atoms with van der Waals surface area (Å²) in [6.45, 7) is 0. The van der Waals surface area contributed by atoms with Gasteiger partial charge in [-0.1, -0.05) is 17.6 Å². The fourth-order valence-corrected chi connectivity index (χ4v) is 1.02. The molecule has 0 amide bonds. The molecule has 68 valence electrons. The number of rotatable bonds is 1. The Balaban J connectivity index is 3.32. The summed E-state index contributed by atoms with van der Waals surface area (Å²) in [5.41, 5.74) is -1.25. The summed E-state index contributed by atoms with van der Waals surface area (Å²) < 4.78 is 41.6. The zero-order valence-corrected chi connectivity index (χ0v) is 6.85. The van der Waals surface area contributed by atoms with Crippen LogP contribution < -0.4 is 10.2 Å². The van der Waals surface area contributed by atoms with Gasteiger partial charge in [0.1, 0.15) is 13.6 Å². The first-order chi connectivity index (χ1) is 5.96. The van der Waals surface area contributed by atoms with Crippen molar-refractivity contribution in [3.63, 3.8) is 0 Å². The number of hydrogen-bond acceptors (Lipinski definition) is 1. The third kappa shape index (κ3) is 1.97. The normalized spacial score (nSPS) is 11.4. The highest BCUT2D eigenvalue weighted by atomic mass is 19.4. The summed E-state index contributed by atoms with van der Waals surface area (Å²) in [7, 11) is 6.35. The monoisotopic (exact) mass is 186 g/mol. The minimum Gasteiger partial charge on any atom is -0.496 e. The minimum atomic E-state index is -4.48. The smallest absolute Gasteiger partial charge is 0.419 e. The Kier molecular flexibility index (Phi) is 2.54. The molecule has 0 saturated heterocycles. The molecule has 0 saturated carbocycles. The molecule has 0 atom stereocenters. The Hall–Kier alpha value is -1.13. The van der Waals surface area contributed by atoms with E-state index >= 15 is 0 Å². The quantitative estimate of drug-likeness (QED) is 0.604. The fourth-order valence-electron chi connectivity index (χ4n) is 1.02.